The van der Waals surface area contributed by atoms with Crippen molar-refractivity contribution in [2.24, 2.45) is 11.8 Å². The summed E-state index contributed by atoms with van der Waals surface area (Å²) >= 11 is 0. The second kappa shape index (κ2) is 10.7. The van der Waals surface area contributed by atoms with Gasteiger partial charge in [-0.1, -0.05) is 73.0 Å². The first kappa shape index (κ1) is 18.4. The number of hydrogen-bond acceptors (Lipinski definition) is 4. The summed E-state index contributed by atoms with van der Waals surface area (Å²) < 4.78 is 0. The highest BCUT2D eigenvalue weighted by atomic mass is 33.1. The monoisotopic (exact) mass is 342 g/mol. The van der Waals surface area contributed by atoms with Crippen LogP contribution in [-0.4, -0.2) is 23.1 Å². The number of carbonyl (C=O) groups excluding carboxylic acids is 2. The molecule has 4 unspecified atom stereocenters. The minimum Gasteiger partial charge on any atom is -0.303 e. The minimum atomic E-state index is 0.223. The van der Waals surface area contributed by atoms with Crippen molar-refractivity contribution < 1.29 is 9.59 Å². The second-order valence-corrected chi connectivity index (χ2v) is 9.60. The highest BCUT2D eigenvalue weighted by Crippen LogP contribution is 2.43. The number of carbonyl (C=O) groups is 2. The highest BCUT2D eigenvalue weighted by molar-refractivity contribution is 8.77. The van der Waals surface area contributed by atoms with E-state index in [1.165, 1.54) is 76.8 Å². The van der Waals surface area contributed by atoms with Crippen LogP contribution >= 0.6 is 21.6 Å². The Morgan fingerprint density at radius 2 is 0.909 bits per heavy atom. The molecule has 0 spiro atoms. The van der Waals surface area contributed by atoms with Gasteiger partial charge in [0.05, 0.1) is 0 Å². The SMILES string of the molecule is O=CC1CCCCCCC1SSC1CCCCCCC1C=O. The molecule has 126 valence electrons. The first-order chi connectivity index (χ1) is 10.8. The maximum absolute atomic E-state index is 11.4. The molecule has 2 aliphatic rings. The van der Waals surface area contributed by atoms with Crippen LogP contribution in [0.3, 0.4) is 0 Å². The molecule has 0 aromatic heterocycles. The van der Waals surface area contributed by atoms with Crippen LogP contribution in [0.2, 0.25) is 0 Å². The molecule has 0 N–H and O–H groups in total. The van der Waals surface area contributed by atoms with E-state index in [0.717, 1.165) is 12.8 Å². The van der Waals surface area contributed by atoms with Crippen molar-refractivity contribution in [2.45, 2.75) is 87.5 Å². The first-order valence-electron chi connectivity index (χ1n) is 9.08. The molecule has 2 nitrogen and oxygen atoms in total. The van der Waals surface area contributed by atoms with Gasteiger partial charge in [-0.3, -0.25) is 0 Å². The molecule has 0 saturated heterocycles. The van der Waals surface area contributed by atoms with E-state index in [1.807, 2.05) is 21.6 Å². The van der Waals surface area contributed by atoms with Crippen molar-refractivity contribution in [2.75, 3.05) is 0 Å². The average Bonchev–Trinajstić information content (AvgIpc) is 2.48. The lowest BCUT2D eigenvalue weighted by Gasteiger charge is -2.29. The number of rotatable bonds is 5. The molecule has 0 heterocycles. The Bertz CT molecular complexity index is 303. The van der Waals surface area contributed by atoms with Crippen LogP contribution in [0.5, 0.6) is 0 Å². The lowest BCUT2D eigenvalue weighted by molar-refractivity contribution is -0.112. The molecule has 4 atom stereocenters. The van der Waals surface area contributed by atoms with Gasteiger partial charge in [0.25, 0.3) is 0 Å². The van der Waals surface area contributed by atoms with Crippen molar-refractivity contribution in [3.63, 3.8) is 0 Å². The molecule has 0 radical (unpaired) electrons. The zero-order valence-electron chi connectivity index (χ0n) is 13.6. The Kier molecular flexibility index (Phi) is 8.98. The summed E-state index contributed by atoms with van der Waals surface area (Å²) in [5.74, 6) is 0.446. The molecular weight excluding hydrogens is 312 g/mol. The van der Waals surface area contributed by atoms with Crippen LogP contribution in [0.25, 0.3) is 0 Å². The van der Waals surface area contributed by atoms with Gasteiger partial charge in [-0.15, -0.1) is 0 Å². The van der Waals surface area contributed by atoms with Gasteiger partial charge in [0.15, 0.2) is 0 Å². The molecule has 0 amide bonds. The van der Waals surface area contributed by atoms with Gasteiger partial charge in [-0.2, -0.15) is 0 Å². The topological polar surface area (TPSA) is 34.1 Å². The third-order valence-electron chi connectivity index (χ3n) is 5.16. The molecule has 22 heavy (non-hydrogen) atoms. The van der Waals surface area contributed by atoms with Gasteiger partial charge in [0, 0.05) is 22.3 Å². The third kappa shape index (κ3) is 5.92. The Balaban J connectivity index is 1.88. The molecule has 0 aromatic carbocycles. The van der Waals surface area contributed by atoms with Gasteiger partial charge in [-0.05, 0) is 25.7 Å². The molecule has 2 saturated carbocycles. The van der Waals surface area contributed by atoms with Crippen LogP contribution in [0.4, 0.5) is 0 Å². The van der Waals surface area contributed by atoms with E-state index >= 15 is 0 Å². The third-order valence-corrected chi connectivity index (χ3v) is 8.75. The lowest BCUT2D eigenvalue weighted by Crippen LogP contribution is -2.23. The fraction of sp³-hybridized carbons (Fsp3) is 0.889. The predicted molar refractivity (Wildman–Crippen MR) is 97.3 cm³/mol. The fourth-order valence-electron chi connectivity index (χ4n) is 3.65. The number of aldehydes is 2. The van der Waals surface area contributed by atoms with Gasteiger partial charge in [0.2, 0.25) is 0 Å². The van der Waals surface area contributed by atoms with E-state index in [0.29, 0.717) is 10.5 Å². The summed E-state index contributed by atoms with van der Waals surface area (Å²) in [4.78, 5) is 22.9. The van der Waals surface area contributed by atoms with Crippen LogP contribution in [0, 0.1) is 11.8 Å². The van der Waals surface area contributed by atoms with Gasteiger partial charge >= 0.3 is 0 Å². The van der Waals surface area contributed by atoms with Crippen LogP contribution in [0.15, 0.2) is 0 Å². The molecule has 2 fully saturated rings. The summed E-state index contributed by atoms with van der Waals surface area (Å²) in [5, 5.41) is 0.918. The summed E-state index contributed by atoms with van der Waals surface area (Å²) in [6, 6.07) is 0. The van der Waals surface area contributed by atoms with E-state index < -0.39 is 0 Å². The number of hydrogen-bond donors (Lipinski definition) is 0. The molecule has 2 rings (SSSR count). The molecular formula is C18H30O2S2. The van der Waals surface area contributed by atoms with Crippen LogP contribution < -0.4 is 0 Å². The maximum atomic E-state index is 11.4. The van der Waals surface area contributed by atoms with Crippen LogP contribution in [0.1, 0.15) is 77.0 Å². The zero-order chi connectivity index (χ0) is 15.6. The summed E-state index contributed by atoms with van der Waals surface area (Å²) in [6.07, 6.45) is 16.9. The van der Waals surface area contributed by atoms with E-state index in [1.54, 1.807) is 0 Å². The predicted octanol–water partition coefficient (Wildman–Crippen LogP) is 5.44. The fourth-order valence-corrected chi connectivity index (χ4v) is 7.44. The van der Waals surface area contributed by atoms with E-state index in [4.69, 9.17) is 0 Å². The normalized spacial score (nSPS) is 34.7. The van der Waals surface area contributed by atoms with Gasteiger partial charge in [0.1, 0.15) is 12.6 Å². The smallest absolute Gasteiger partial charge is 0.124 e. The molecule has 0 aromatic rings. The summed E-state index contributed by atoms with van der Waals surface area (Å²) in [7, 11) is 3.84. The van der Waals surface area contributed by atoms with Crippen molar-refractivity contribution >= 4 is 34.2 Å². The van der Waals surface area contributed by atoms with Gasteiger partial charge < -0.3 is 9.59 Å². The summed E-state index contributed by atoms with van der Waals surface area (Å²) in [5.41, 5.74) is 0. The van der Waals surface area contributed by atoms with Crippen LogP contribution in [-0.2, 0) is 9.59 Å². The lowest BCUT2D eigenvalue weighted by atomic mass is 9.92. The van der Waals surface area contributed by atoms with E-state index in [2.05, 4.69) is 0 Å². The van der Waals surface area contributed by atoms with Crippen molar-refractivity contribution in [3.8, 4) is 0 Å². The minimum absolute atomic E-state index is 0.223. The summed E-state index contributed by atoms with van der Waals surface area (Å²) in [6.45, 7) is 0. The maximum Gasteiger partial charge on any atom is 0.124 e. The highest BCUT2D eigenvalue weighted by Gasteiger charge is 2.28. The Labute approximate surface area is 143 Å². The second-order valence-electron chi connectivity index (χ2n) is 6.85. The molecule has 0 bridgehead atoms. The Hall–Kier alpha value is 0.0400. The molecule has 4 heteroatoms. The average molecular weight is 343 g/mol. The quantitative estimate of drug-likeness (QED) is 0.492. The Morgan fingerprint density at radius 1 is 0.545 bits per heavy atom. The van der Waals surface area contributed by atoms with Crippen molar-refractivity contribution in [1.29, 1.82) is 0 Å². The zero-order valence-corrected chi connectivity index (χ0v) is 15.2. The van der Waals surface area contributed by atoms with E-state index in [-0.39, 0.29) is 11.8 Å². The standard InChI is InChI=1S/C18H30O2S2/c19-13-15-9-5-1-3-7-11-17(15)21-22-18-12-8-4-2-6-10-16(18)14-20/h13-18H,1-12H2. The van der Waals surface area contributed by atoms with Crippen molar-refractivity contribution in [1.82, 2.24) is 0 Å². The molecule has 0 aliphatic heterocycles. The van der Waals surface area contributed by atoms with Gasteiger partial charge in [-0.25, -0.2) is 0 Å². The largest absolute Gasteiger partial charge is 0.303 e. The first-order valence-corrected chi connectivity index (χ1v) is 11.4. The Morgan fingerprint density at radius 3 is 1.27 bits per heavy atom. The van der Waals surface area contributed by atoms with E-state index in [9.17, 15) is 9.59 Å². The molecule has 2 aliphatic carbocycles. The van der Waals surface area contributed by atoms with Crippen molar-refractivity contribution in [3.05, 3.63) is 0 Å².